The minimum Gasteiger partial charge on any atom is -0.478 e. The van der Waals surface area contributed by atoms with Crippen molar-refractivity contribution in [1.82, 2.24) is 0 Å². The highest BCUT2D eigenvalue weighted by Crippen LogP contribution is 2.28. The van der Waals surface area contributed by atoms with Crippen LogP contribution in [-0.2, 0) is 4.79 Å². The van der Waals surface area contributed by atoms with Gasteiger partial charge in [0.05, 0.1) is 10.0 Å². The summed E-state index contributed by atoms with van der Waals surface area (Å²) >= 11 is 11.7. The maximum atomic E-state index is 10.7. The van der Waals surface area contributed by atoms with Crippen LogP contribution in [0.2, 0.25) is 10.0 Å². The summed E-state index contributed by atoms with van der Waals surface area (Å²) < 4.78 is 0. The summed E-state index contributed by atoms with van der Waals surface area (Å²) in [4.78, 5) is 10.7. The molecule has 0 saturated heterocycles. The van der Waals surface area contributed by atoms with Gasteiger partial charge in [-0.05, 0) is 29.7 Å². The first kappa shape index (κ1) is 13.1. The van der Waals surface area contributed by atoms with E-state index in [1.807, 2.05) is 6.92 Å². The van der Waals surface area contributed by atoms with Crippen molar-refractivity contribution in [2.75, 3.05) is 0 Å². The number of carboxylic acid groups (broad SMARTS) is 1. The van der Waals surface area contributed by atoms with Crippen LogP contribution >= 0.6 is 23.2 Å². The number of allylic oxidation sites excluding steroid dienone is 1. The Hall–Kier alpha value is -0.990. The van der Waals surface area contributed by atoms with Gasteiger partial charge in [0, 0.05) is 6.08 Å². The number of hydrogen-bond acceptors (Lipinski definition) is 1. The maximum absolute atomic E-state index is 10.7. The van der Waals surface area contributed by atoms with Crippen LogP contribution in [0.3, 0.4) is 0 Å². The first-order chi connectivity index (χ1) is 7.54. The Morgan fingerprint density at radius 1 is 1.38 bits per heavy atom. The quantitative estimate of drug-likeness (QED) is 0.820. The average Bonchev–Trinajstić information content (AvgIpc) is 2.21. The molecular weight excluding hydrogens is 247 g/mol. The van der Waals surface area contributed by atoms with Crippen molar-refractivity contribution in [2.24, 2.45) is 0 Å². The van der Waals surface area contributed by atoms with Crippen LogP contribution in [0.4, 0.5) is 0 Å². The Balaban J connectivity index is 3.11. The minimum atomic E-state index is -0.950. The van der Waals surface area contributed by atoms with Crippen molar-refractivity contribution in [3.8, 4) is 0 Å². The fraction of sp³-hybridized carbons (Fsp3) is 0.250. The van der Waals surface area contributed by atoms with Crippen LogP contribution in [0.15, 0.2) is 24.3 Å². The van der Waals surface area contributed by atoms with E-state index in [1.165, 1.54) is 6.08 Å². The summed E-state index contributed by atoms with van der Waals surface area (Å²) in [6.07, 6.45) is 2.78. The molecule has 0 fully saturated rings. The minimum absolute atomic E-state index is 0.437. The van der Waals surface area contributed by atoms with Gasteiger partial charge in [0.25, 0.3) is 0 Å². The van der Waals surface area contributed by atoms with Gasteiger partial charge >= 0.3 is 5.97 Å². The molecule has 0 aliphatic rings. The van der Waals surface area contributed by atoms with Crippen LogP contribution in [0.25, 0.3) is 5.57 Å². The van der Waals surface area contributed by atoms with E-state index in [0.29, 0.717) is 16.5 Å². The molecule has 0 aliphatic heterocycles. The molecule has 1 N–H and O–H groups in total. The molecule has 1 aromatic rings. The number of benzene rings is 1. The van der Waals surface area contributed by atoms with Gasteiger partial charge in [0.2, 0.25) is 0 Å². The van der Waals surface area contributed by atoms with Crippen LogP contribution in [0.5, 0.6) is 0 Å². The monoisotopic (exact) mass is 258 g/mol. The highest BCUT2D eigenvalue weighted by Gasteiger charge is 2.06. The normalized spacial score (nSPS) is 11.6. The first-order valence-corrected chi connectivity index (χ1v) is 5.69. The number of aliphatic carboxylic acids is 1. The fourth-order valence-electron chi connectivity index (χ4n) is 1.41. The second-order valence-electron chi connectivity index (χ2n) is 3.39. The summed E-state index contributed by atoms with van der Waals surface area (Å²) in [6.45, 7) is 1.99. The molecule has 16 heavy (non-hydrogen) atoms. The summed E-state index contributed by atoms with van der Waals surface area (Å²) in [5, 5.41) is 9.67. The van der Waals surface area contributed by atoms with E-state index in [9.17, 15) is 4.79 Å². The Morgan fingerprint density at radius 2 is 2.06 bits per heavy atom. The summed E-state index contributed by atoms with van der Waals surface area (Å²) in [5.41, 5.74) is 1.56. The second kappa shape index (κ2) is 5.92. The van der Waals surface area contributed by atoms with Gasteiger partial charge < -0.3 is 5.11 Å². The van der Waals surface area contributed by atoms with E-state index in [0.717, 1.165) is 17.6 Å². The van der Waals surface area contributed by atoms with E-state index >= 15 is 0 Å². The topological polar surface area (TPSA) is 37.3 Å². The molecule has 0 heterocycles. The molecule has 0 radical (unpaired) electrons. The lowest BCUT2D eigenvalue weighted by Gasteiger charge is -2.06. The molecule has 86 valence electrons. The standard InChI is InChI=1S/C12H12Cl2O2/c1-2-3-8(7-12(15)16)9-4-5-10(13)11(14)6-9/h4-7H,2-3H2,1H3,(H,15,16)/b8-7+. The van der Waals surface area contributed by atoms with Crippen molar-refractivity contribution in [2.45, 2.75) is 19.8 Å². The van der Waals surface area contributed by atoms with Crippen LogP contribution in [-0.4, -0.2) is 11.1 Å². The lowest BCUT2D eigenvalue weighted by molar-refractivity contribution is -0.131. The third kappa shape index (κ3) is 3.54. The van der Waals surface area contributed by atoms with Crippen molar-refractivity contribution in [3.05, 3.63) is 39.9 Å². The molecule has 2 nitrogen and oxygen atoms in total. The smallest absolute Gasteiger partial charge is 0.328 e. The van der Waals surface area contributed by atoms with Gasteiger partial charge in [-0.1, -0.05) is 42.6 Å². The average molecular weight is 259 g/mol. The number of carbonyl (C=O) groups is 1. The van der Waals surface area contributed by atoms with Gasteiger partial charge in [-0.15, -0.1) is 0 Å². The summed E-state index contributed by atoms with van der Waals surface area (Å²) in [5.74, 6) is -0.950. The lowest BCUT2D eigenvalue weighted by Crippen LogP contribution is -1.93. The van der Waals surface area contributed by atoms with Gasteiger partial charge in [-0.25, -0.2) is 4.79 Å². The molecule has 0 bridgehead atoms. The first-order valence-electron chi connectivity index (χ1n) is 4.93. The highest BCUT2D eigenvalue weighted by molar-refractivity contribution is 6.42. The van der Waals surface area contributed by atoms with Crippen molar-refractivity contribution in [1.29, 1.82) is 0 Å². The number of carboxylic acids is 1. The van der Waals surface area contributed by atoms with E-state index < -0.39 is 5.97 Å². The van der Waals surface area contributed by atoms with Gasteiger partial charge in [0.1, 0.15) is 0 Å². The molecule has 0 aromatic heterocycles. The lowest BCUT2D eigenvalue weighted by atomic mass is 10.0. The predicted molar refractivity (Wildman–Crippen MR) is 67.0 cm³/mol. The maximum Gasteiger partial charge on any atom is 0.328 e. The van der Waals surface area contributed by atoms with Gasteiger partial charge in [0.15, 0.2) is 0 Å². The molecule has 1 aromatic carbocycles. The Kier molecular flexibility index (Phi) is 4.84. The Morgan fingerprint density at radius 3 is 2.56 bits per heavy atom. The zero-order valence-electron chi connectivity index (χ0n) is 8.84. The highest BCUT2D eigenvalue weighted by atomic mass is 35.5. The predicted octanol–water partition coefficient (Wildman–Crippen LogP) is 4.26. The molecule has 0 saturated carbocycles. The zero-order chi connectivity index (χ0) is 12.1. The molecule has 0 amide bonds. The molecule has 0 unspecified atom stereocenters. The summed E-state index contributed by atoms with van der Waals surface area (Å²) in [7, 11) is 0. The van der Waals surface area contributed by atoms with Crippen molar-refractivity contribution in [3.63, 3.8) is 0 Å². The second-order valence-corrected chi connectivity index (χ2v) is 4.20. The van der Waals surface area contributed by atoms with Gasteiger partial charge in [-0.3, -0.25) is 0 Å². The van der Waals surface area contributed by atoms with Crippen LogP contribution in [0.1, 0.15) is 25.3 Å². The van der Waals surface area contributed by atoms with Crippen LogP contribution < -0.4 is 0 Å². The summed E-state index contributed by atoms with van der Waals surface area (Å²) in [6, 6.07) is 5.14. The van der Waals surface area contributed by atoms with E-state index in [4.69, 9.17) is 28.3 Å². The number of rotatable bonds is 4. The Labute approximate surface area is 104 Å². The van der Waals surface area contributed by atoms with E-state index in [2.05, 4.69) is 0 Å². The van der Waals surface area contributed by atoms with Crippen LogP contribution in [0, 0.1) is 0 Å². The van der Waals surface area contributed by atoms with Crippen molar-refractivity contribution >= 4 is 34.7 Å². The van der Waals surface area contributed by atoms with E-state index in [1.54, 1.807) is 18.2 Å². The van der Waals surface area contributed by atoms with Gasteiger partial charge in [-0.2, -0.15) is 0 Å². The van der Waals surface area contributed by atoms with Crippen molar-refractivity contribution < 1.29 is 9.90 Å². The number of halogens is 2. The molecule has 0 spiro atoms. The SMILES string of the molecule is CCC/C(=C\C(=O)O)c1ccc(Cl)c(Cl)c1. The van der Waals surface area contributed by atoms with E-state index in [-0.39, 0.29) is 0 Å². The number of hydrogen-bond donors (Lipinski definition) is 1. The third-order valence-corrected chi connectivity index (χ3v) is 2.85. The molecule has 1 rings (SSSR count). The molecule has 0 atom stereocenters. The molecule has 4 heteroatoms. The fourth-order valence-corrected chi connectivity index (χ4v) is 1.71. The third-order valence-electron chi connectivity index (χ3n) is 2.11. The Bertz CT molecular complexity index is 425. The largest absolute Gasteiger partial charge is 0.478 e. The zero-order valence-corrected chi connectivity index (χ0v) is 10.3. The molecular formula is C12H12Cl2O2. The molecule has 0 aliphatic carbocycles.